The zero-order valence-corrected chi connectivity index (χ0v) is 15.0. The minimum atomic E-state index is -2.48. The molecule has 2 aromatic rings. The van der Waals surface area contributed by atoms with Crippen molar-refractivity contribution in [1.82, 2.24) is 15.1 Å². The normalized spacial score (nSPS) is 18.4. The van der Waals surface area contributed by atoms with Crippen molar-refractivity contribution in [3.63, 3.8) is 0 Å². The van der Waals surface area contributed by atoms with Gasteiger partial charge in [0.2, 0.25) is 0 Å². The summed E-state index contributed by atoms with van der Waals surface area (Å²) in [6, 6.07) is 9.50. The number of rotatable bonds is 5. The maximum absolute atomic E-state index is 12.3. The van der Waals surface area contributed by atoms with Gasteiger partial charge in [0, 0.05) is 24.7 Å². The number of hydrogen-bond donors (Lipinski definition) is 2. The van der Waals surface area contributed by atoms with Crippen LogP contribution in [0.5, 0.6) is 0 Å². The van der Waals surface area contributed by atoms with Crippen molar-refractivity contribution in [2.24, 2.45) is 0 Å². The molecule has 0 saturated carbocycles. The Kier molecular flexibility index (Phi) is 5.25. The van der Waals surface area contributed by atoms with Gasteiger partial charge in [-0.05, 0) is 29.4 Å². The molecule has 0 radical (unpaired) electrons. The third-order valence-corrected chi connectivity index (χ3v) is 4.96. The Bertz CT molecular complexity index is 772. The highest BCUT2D eigenvalue weighted by Crippen LogP contribution is 2.42. The standard InChI is InChI=1S/C19H24F2N4O/c1-19(2)9-7-13(14-5-3-4-6-15(14)19)11-22-18(26)23-17-8-10-25(24-17)12-16(20)21/h3-6,8,10,13,16H,7,9,11-12H2,1-2H3,(H2,22,23,24,26). The number of nitrogens with zero attached hydrogens (tertiary/aromatic N) is 2. The highest BCUT2D eigenvalue weighted by molar-refractivity contribution is 5.88. The van der Waals surface area contributed by atoms with Crippen molar-refractivity contribution in [2.45, 2.75) is 51.0 Å². The average molecular weight is 362 g/mol. The lowest BCUT2D eigenvalue weighted by molar-refractivity contribution is 0.122. The molecule has 0 spiro atoms. The third kappa shape index (κ3) is 4.20. The quantitative estimate of drug-likeness (QED) is 0.840. The van der Waals surface area contributed by atoms with Crippen LogP contribution in [0, 0.1) is 0 Å². The Labute approximate surface area is 151 Å². The number of anilines is 1. The van der Waals surface area contributed by atoms with Gasteiger partial charge in [-0.1, -0.05) is 38.1 Å². The first-order chi connectivity index (χ1) is 12.3. The summed E-state index contributed by atoms with van der Waals surface area (Å²) in [5.74, 6) is 0.523. The van der Waals surface area contributed by atoms with E-state index in [0.717, 1.165) is 17.5 Å². The van der Waals surface area contributed by atoms with Crippen LogP contribution in [-0.2, 0) is 12.0 Å². The zero-order chi connectivity index (χ0) is 18.7. The molecule has 5 nitrogen and oxygen atoms in total. The lowest BCUT2D eigenvalue weighted by Gasteiger charge is -2.37. The minimum absolute atomic E-state index is 0.146. The monoisotopic (exact) mass is 362 g/mol. The van der Waals surface area contributed by atoms with Gasteiger partial charge < -0.3 is 5.32 Å². The van der Waals surface area contributed by atoms with Gasteiger partial charge in [-0.3, -0.25) is 10.00 Å². The Morgan fingerprint density at radius 3 is 2.88 bits per heavy atom. The molecule has 140 valence electrons. The summed E-state index contributed by atoms with van der Waals surface area (Å²) in [7, 11) is 0. The van der Waals surface area contributed by atoms with Crippen LogP contribution in [0.3, 0.4) is 0 Å². The number of hydrogen-bond acceptors (Lipinski definition) is 2. The number of carbonyl (C=O) groups excluding carboxylic acids is 1. The van der Waals surface area contributed by atoms with Gasteiger partial charge in [0.05, 0.1) is 0 Å². The van der Waals surface area contributed by atoms with E-state index in [-0.39, 0.29) is 23.2 Å². The molecule has 7 heteroatoms. The van der Waals surface area contributed by atoms with E-state index in [1.807, 2.05) is 6.07 Å². The van der Waals surface area contributed by atoms with Crippen molar-refractivity contribution in [1.29, 1.82) is 0 Å². The number of urea groups is 1. The summed E-state index contributed by atoms with van der Waals surface area (Å²) in [5.41, 5.74) is 2.77. The van der Waals surface area contributed by atoms with Crippen molar-refractivity contribution in [3.05, 3.63) is 47.7 Å². The van der Waals surface area contributed by atoms with Crippen LogP contribution < -0.4 is 10.6 Å². The van der Waals surface area contributed by atoms with Crippen LogP contribution in [0.4, 0.5) is 19.4 Å². The third-order valence-electron chi connectivity index (χ3n) is 4.96. The second kappa shape index (κ2) is 7.43. The van der Waals surface area contributed by atoms with Gasteiger partial charge in [0.15, 0.2) is 5.82 Å². The van der Waals surface area contributed by atoms with E-state index in [9.17, 15) is 13.6 Å². The Morgan fingerprint density at radius 1 is 1.35 bits per heavy atom. The maximum Gasteiger partial charge on any atom is 0.320 e. The minimum Gasteiger partial charge on any atom is -0.337 e. The Hall–Kier alpha value is -2.44. The molecule has 0 bridgehead atoms. The molecular weight excluding hydrogens is 338 g/mol. The first-order valence-electron chi connectivity index (χ1n) is 8.81. The predicted octanol–water partition coefficient (Wildman–Crippen LogP) is 4.12. The summed E-state index contributed by atoms with van der Waals surface area (Å²) in [6.45, 7) is 4.53. The fourth-order valence-corrected chi connectivity index (χ4v) is 3.55. The van der Waals surface area contributed by atoms with E-state index in [1.54, 1.807) is 0 Å². The molecule has 1 aliphatic carbocycles. The second-order valence-electron chi connectivity index (χ2n) is 7.36. The molecule has 0 fully saturated rings. The van der Waals surface area contributed by atoms with Crippen molar-refractivity contribution in [3.8, 4) is 0 Å². The van der Waals surface area contributed by atoms with Gasteiger partial charge in [-0.2, -0.15) is 5.10 Å². The molecule has 1 heterocycles. The van der Waals surface area contributed by atoms with E-state index >= 15 is 0 Å². The van der Waals surface area contributed by atoms with Crippen LogP contribution in [-0.4, -0.2) is 28.8 Å². The fraction of sp³-hybridized carbons (Fsp3) is 0.474. The predicted molar refractivity (Wildman–Crippen MR) is 96.7 cm³/mol. The van der Waals surface area contributed by atoms with Crippen molar-refractivity contribution >= 4 is 11.8 Å². The molecule has 2 amide bonds. The Balaban J connectivity index is 1.57. The molecule has 1 unspecified atom stereocenters. The summed E-state index contributed by atoms with van der Waals surface area (Å²) < 4.78 is 25.8. The van der Waals surface area contributed by atoms with Gasteiger partial charge in [-0.25, -0.2) is 13.6 Å². The van der Waals surface area contributed by atoms with Crippen LogP contribution in [0.2, 0.25) is 0 Å². The number of benzene rings is 1. The first kappa shape index (κ1) is 18.4. The smallest absolute Gasteiger partial charge is 0.320 e. The van der Waals surface area contributed by atoms with E-state index in [1.165, 1.54) is 23.4 Å². The number of carbonyl (C=O) groups is 1. The summed E-state index contributed by atoms with van der Waals surface area (Å²) in [5, 5.41) is 9.37. The summed E-state index contributed by atoms with van der Waals surface area (Å²) in [4.78, 5) is 12.1. The van der Waals surface area contributed by atoms with Crippen LogP contribution in [0.25, 0.3) is 0 Å². The topological polar surface area (TPSA) is 59.0 Å². The molecule has 1 aromatic carbocycles. The summed E-state index contributed by atoms with van der Waals surface area (Å²) in [6.07, 6.45) is 1.01. The largest absolute Gasteiger partial charge is 0.337 e. The molecule has 1 atom stereocenters. The molecule has 0 saturated heterocycles. The molecule has 3 rings (SSSR count). The second-order valence-corrected chi connectivity index (χ2v) is 7.36. The van der Waals surface area contributed by atoms with Gasteiger partial charge >= 0.3 is 6.03 Å². The molecule has 0 aliphatic heterocycles. The number of alkyl halides is 2. The molecule has 26 heavy (non-hydrogen) atoms. The van der Waals surface area contributed by atoms with Gasteiger partial charge in [-0.15, -0.1) is 0 Å². The van der Waals surface area contributed by atoms with Gasteiger partial charge in [0.1, 0.15) is 6.54 Å². The lowest BCUT2D eigenvalue weighted by Crippen LogP contribution is -2.35. The summed E-state index contributed by atoms with van der Waals surface area (Å²) >= 11 is 0. The van der Waals surface area contributed by atoms with Crippen LogP contribution in [0.15, 0.2) is 36.5 Å². The van der Waals surface area contributed by atoms with Crippen molar-refractivity contribution < 1.29 is 13.6 Å². The highest BCUT2D eigenvalue weighted by Gasteiger charge is 2.32. The van der Waals surface area contributed by atoms with Crippen LogP contribution >= 0.6 is 0 Å². The van der Waals surface area contributed by atoms with E-state index in [0.29, 0.717) is 6.54 Å². The Morgan fingerprint density at radius 2 is 2.12 bits per heavy atom. The number of fused-ring (bicyclic) bond motifs is 1. The molecule has 1 aromatic heterocycles. The maximum atomic E-state index is 12.3. The fourth-order valence-electron chi connectivity index (χ4n) is 3.55. The van der Waals surface area contributed by atoms with Crippen molar-refractivity contribution in [2.75, 3.05) is 11.9 Å². The number of amides is 2. The highest BCUT2D eigenvalue weighted by atomic mass is 19.3. The molecule has 2 N–H and O–H groups in total. The number of aromatic nitrogens is 2. The SMILES string of the molecule is CC1(C)CCC(CNC(=O)Nc2ccn(CC(F)F)n2)c2ccccc21. The number of nitrogens with one attached hydrogen (secondary N) is 2. The van der Waals surface area contributed by atoms with E-state index < -0.39 is 13.0 Å². The molecule has 1 aliphatic rings. The first-order valence-corrected chi connectivity index (χ1v) is 8.81. The lowest BCUT2D eigenvalue weighted by atomic mass is 9.69. The van der Waals surface area contributed by atoms with E-state index in [2.05, 4.69) is 47.8 Å². The van der Waals surface area contributed by atoms with Crippen LogP contribution in [0.1, 0.15) is 43.7 Å². The van der Waals surface area contributed by atoms with Gasteiger partial charge in [0.25, 0.3) is 6.43 Å². The number of halogens is 2. The zero-order valence-electron chi connectivity index (χ0n) is 15.0. The molecular formula is C19H24F2N4O. The average Bonchev–Trinajstić information content (AvgIpc) is 3.00. The van der Waals surface area contributed by atoms with E-state index in [4.69, 9.17) is 0 Å².